The van der Waals surface area contributed by atoms with Gasteiger partial charge >= 0.3 is 0 Å². The van der Waals surface area contributed by atoms with Crippen molar-refractivity contribution in [3.05, 3.63) is 0 Å². The number of carbonyl (C=O) groups excluding carboxylic acids is 1. The van der Waals surface area contributed by atoms with Crippen molar-refractivity contribution >= 4 is 5.78 Å². The summed E-state index contributed by atoms with van der Waals surface area (Å²) in [5, 5.41) is 0. The van der Waals surface area contributed by atoms with Crippen LogP contribution in [0.5, 0.6) is 0 Å². The van der Waals surface area contributed by atoms with Crippen molar-refractivity contribution < 1.29 is 4.79 Å². The Morgan fingerprint density at radius 1 is 1.55 bits per heavy atom. The maximum absolute atomic E-state index is 11.3. The van der Waals surface area contributed by atoms with Gasteiger partial charge in [-0.1, -0.05) is 20.8 Å². The van der Waals surface area contributed by atoms with Crippen LogP contribution in [0.3, 0.4) is 0 Å². The van der Waals surface area contributed by atoms with Crippen molar-refractivity contribution in [1.29, 1.82) is 0 Å². The molecular weight excluding hydrogens is 136 g/mol. The first-order chi connectivity index (χ1) is 5.08. The van der Waals surface area contributed by atoms with E-state index in [1.54, 1.807) is 0 Å². The smallest absolute Gasteiger partial charge is 0.136 e. The van der Waals surface area contributed by atoms with E-state index in [1.165, 1.54) is 6.42 Å². The Hall–Kier alpha value is -0.330. The molecule has 0 spiro atoms. The lowest BCUT2D eigenvalue weighted by molar-refractivity contribution is -0.121. The van der Waals surface area contributed by atoms with Gasteiger partial charge in [0.05, 0.1) is 0 Å². The quantitative estimate of drug-likeness (QED) is 0.563. The zero-order valence-electron chi connectivity index (χ0n) is 7.55. The summed E-state index contributed by atoms with van der Waals surface area (Å²) < 4.78 is 0. The number of ketones is 1. The summed E-state index contributed by atoms with van der Waals surface area (Å²) in [4.78, 5) is 11.3. The molecule has 0 aromatic rings. The molecule has 1 heteroatoms. The third kappa shape index (κ3) is 0.743. The second-order valence-electron chi connectivity index (χ2n) is 4.63. The summed E-state index contributed by atoms with van der Waals surface area (Å²) >= 11 is 0. The number of hydrogen-bond acceptors (Lipinski definition) is 1. The lowest BCUT2D eigenvalue weighted by Gasteiger charge is -2.14. The van der Waals surface area contributed by atoms with Crippen molar-refractivity contribution in [3.8, 4) is 0 Å². The van der Waals surface area contributed by atoms with Crippen LogP contribution in [-0.2, 0) is 4.79 Å². The highest BCUT2D eigenvalue weighted by molar-refractivity contribution is 5.86. The lowest BCUT2D eigenvalue weighted by Crippen LogP contribution is -2.10. The number of Topliss-reactive ketones (excluding diaryl/α,β-unsaturated/α-hetero) is 1. The van der Waals surface area contributed by atoms with Crippen molar-refractivity contribution in [1.82, 2.24) is 0 Å². The first-order valence-electron chi connectivity index (χ1n) is 4.60. The van der Waals surface area contributed by atoms with E-state index in [1.807, 2.05) is 0 Å². The lowest BCUT2D eigenvalue weighted by atomic mass is 9.90. The van der Waals surface area contributed by atoms with Gasteiger partial charge < -0.3 is 0 Å². The fourth-order valence-electron chi connectivity index (χ4n) is 2.81. The predicted molar refractivity (Wildman–Crippen MR) is 44.2 cm³/mol. The average molecular weight is 152 g/mol. The van der Waals surface area contributed by atoms with E-state index >= 15 is 0 Å². The fraction of sp³-hybridized carbons (Fsp3) is 0.900. The van der Waals surface area contributed by atoms with Crippen LogP contribution in [0, 0.1) is 23.2 Å². The molecule has 2 fully saturated rings. The summed E-state index contributed by atoms with van der Waals surface area (Å²) in [6.45, 7) is 6.61. The van der Waals surface area contributed by atoms with Gasteiger partial charge in [-0.15, -0.1) is 0 Å². The van der Waals surface area contributed by atoms with Crippen LogP contribution in [0.4, 0.5) is 0 Å². The van der Waals surface area contributed by atoms with Gasteiger partial charge in [0.25, 0.3) is 0 Å². The first-order valence-corrected chi connectivity index (χ1v) is 4.60. The van der Waals surface area contributed by atoms with Gasteiger partial charge in [-0.2, -0.15) is 0 Å². The van der Waals surface area contributed by atoms with Crippen molar-refractivity contribution in [2.75, 3.05) is 0 Å². The molecule has 0 saturated heterocycles. The summed E-state index contributed by atoms with van der Waals surface area (Å²) in [5.41, 5.74) is 0.455. The number of fused-ring (bicyclic) bond motifs is 1. The Bertz CT molecular complexity index is 207. The normalized spacial score (nSPS) is 48.2. The Kier molecular flexibility index (Phi) is 1.25. The molecule has 0 amide bonds. The fourth-order valence-corrected chi connectivity index (χ4v) is 2.81. The van der Waals surface area contributed by atoms with E-state index in [4.69, 9.17) is 0 Å². The van der Waals surface area contributed by atoms with Gasteiger partial charge in [-0.3, -0.25) is 4.79 Å². The monoisotopic (exact) mass is 152 g/mol. The highest BCUT2D eigenvalue weighted by atomic mass is 16.1. The summed E-state index contributed by atoms with van der Waals surface area (Å²) in [5.74, 6) is 2.34. The van der Waals surface area contributed by atoms with Crippen LogP contribution in [0.15, 0.2) is 0 Å². The molecule has 3 atom stereocenters. The third-order valence-corrected chi connectivity index (χ3v) is 3.94. The Balaban J connectivity index is 2.20. The molecule has 62 valence electrons. The summed E-state index contributed by atoms with van der Waals surface area (Å²) in [7, 11) is 0. The van der Waals surface area contributed by atoms with Crippen LogP contribution in [0.25, 0.3) is 0 Å². The van der Waals surface area contributed by atoms with Crippen LogP contribution < -0.4 is 0 Å². The molecule has 0 aromatic heterocycles. The standard InChI is InChI=1S/C10H16O/c1-6(2)10-4-8(10)7(3)9(11)5-10/h6-8H,4-5H2,1-3H3/t7-,8+,10-/m0/s1. The zero-order chi connectivity index (χ0) is 8.22. The second kappa shape index (κ2) is 1.88. The minimum atomic E-state index is 0.373. The average Bonchev–Trinajstić information content (AvgIpc) is 2.57. The van der Waals surface area contributed by atoms with E-state index in [2.05, 4.69) is 20.8 Å². The molecule has 2 rings (SSSR count). The van der Waals surface area contributed by atoms with Gasteiger partial charge in [-0.25, -0.2) is 0 Å². The maximum Gasteiger partial charge on any atom is 0.136 e. The number of hydrogen-bond donors (Lipinski definition) is 0. The Labute approximate surface area is 68.2 Å². The van der Waals surface area contributed by atoms with Crippen LogP contribution in [0.1, 0.15) is 33.6 Å². The molecule has 0 unspecified atom stereocenters. The van der Waals surface area contributed by atoms with Crippen LogP contribution in [0.2, 0.25) is 0 Å². The summed E-state index contributed by atoms with van der Waals surface area (Å²) in [6, 6.07) is 0. The van der Waals surface area contributed by atoms with Gasteiger partial charge in [0, 0.05) is 12.3 Å². The SMILES string of the molecule is CC(C)[C@]12CC(=O)[C@@H](C)[C@H]1C2. The highest BCUT2D eigenvalue weighted by Crippen LogP contribution is 2.68. The maximum atomic E-state index is 11.3. The largest absolute Gasteiger partial charge is 0.299 e. The number of carbonyl (C=O) groups is 1. The Morgan fingerprint density at radius 3 is 2.45 bits per heavy atom. The van der Waals surface area contributed by atoms with Gasteiger partial charge in [0.15, 0.2) is 0 Å². The molecule has 2 aliphatic rings. The molecule has 0 radical (unpaired) electrons. The van der Waals surface area contributed by atoms with Gasteiger partial charge in [0.2, 0.25) is 0 Å². The van der Waals surface area contributed by atoms with Gasteiger partial charge in [-0.05, 0) is 23.7 Å². The molecule has 0 aromatic carbocycles. The summed E-state index contributed by atoms with van der Waals surface area (Å²) in [6.07, 6.45) is 2.19. The zero-order valence-corrected chi connectivity index (χ0v) is 7.55. The third-order valence-electron chi connectivity index (χ3n) is 3.94. The van der Waals surface area contributed by atoms with Crippen molar-refractivity contribution in [3.63, 3.8) is 0 Å². The van der Waals surface area contributed by atoms with Crippen LogP contribution >= 0.6 is 0 Å². The Morgan fingerprint density at radius 2 is 2.18 bits per heavy atom. The van der Waals surface area contributed by atoms with Crippen LogP contribution in [-0.4, -0.2) is 5.78 Å². The molecule has 0 bridgehead atoms. The molecule has 0 aliphatic heterocycles. The molecule has 2 aliphatic carbocycles. The van der Waals surface area contributed by atoms with E-state index in [-0.39, 0.29) is 0 Å². The molecule has 11 heavy (non-hydrogen) atoms. The van der Waals surface area contributed by atoms with E-state index in [0.717, 1.165) is 12.3 Å². The molecule has 0 heterocycles. The highest BCUT2D eigenvalue weighted by Gasteiger charge is 2.64. The van der Waals surface area contributed by atoms with Crippen molar-refractivity contribution in [2.45, 2.75) is 33.6 Å². The van der Waals surface area contributed by atoms with E-state index < -0.39 is 0 Å². The minimum absolute atomic E-state index is 0.373. The second-order valence-corrected chi connectivity index (χ2v) is 4.63. The van der Waals surface area contributed by atoms with E-state index in [9.17, 15) is 4.79 Å². The van der Waals surface area contributed by atoms with E-state index in [0.29, 0.717) is 23.0 Å². The topological polar surface area (TPSA) is 17.1 Å². The molecule has 1 nitrogen and oxygen atoms in total. The molecule has 2 saturated carbocycles. The number of rotatable bonds is 1. The van der Waals surface area contributed by atoms with Crippen molar-refractivity contribution in [2.24, 2.45) is 23.2 Å². The molecular formula is C10H16O. The minimum Gasteiger partial charge on any atom is -0.299 e. The predicted octanol–water partition coefficient (Wildman–Crippen LogP) is 2.26. The van der Waals surface area contributed by atoms with Gasteiger partial charge in [0.1, 0.15) is 5.78 Å². The molecule has 0 N–H and O–H groups in total. The first kappa shape index (κ1) is 7.33.